The fourth-order valence-electron chi connectivity index (χ4n) is 1.56. The van der Waals surface area contributed by atoms with Gasteiger partial charge in [0.1, 0.15) is 5.75 Å². The first kappa shape index (κ1) is 17.1. The molecule has 0 saturated heterocycles. The normalized spacial score (nSPS) is 10.8. The molecule has 0 saturated carbocycles. The SMILES string of the molecule is COC(=O)/C=C/c1cc(Cl)ccc1OCCCCCBr. The number of alkyl halides is 1. The number of carbonyl (C=O) groups excluding carboxylic acids is 1. The van der Waals surface area contributed by atoms with Gasteiger partial charge in [0, 0.05) is 22.0 Å². The molecule has 0 radical (unpaired) electrons. The maximum absolute atomic E-state index is 11.1. The Labute approximate surface area is 133 Å². The summed E-state index contributed by atoms with van der Waals surface area (Å²) in [6.07, 6.45) is 6.24. The van der Waals surface area contributed by atoms with Crippen LogP contribution in [0, 0.1) is 0 Å². The number of unbranched alkanes of at least 4 members (excludes halogenated alkanes) is 2. The lowest BCUT2D eigenvalue weighted by Gasteiger charge is -2.09. The van der Waals surface area contributed by atoms with Crippen molar-refractivity contribution in [2.75, 3.05) is 19.0 Å². The second kappa shape index (κ2) is 9.83. The van der Waals surface area contributed by atoms with Crippen LogP contribution in [0.2, 0.25) is 5.02 Å². The van der Waals surface area contributed by atoms with Gasteiger partial charge in [-0.3, -0.25) is 0 Å². The zero-order valence-corrected chi connectivity index (χ0v) is 13.7. The topological polar surface area (TPSA) is 35.5 Å². The van der Waals surface area contributed by atoms with E-state index in [2.05, 4.69) is 20.7 Å². The third-order valence-electron chi connectivity index (χ3n) is 2.61. The molecule has 0 unspecified atom stereocenters. The van der Waals surface area contributed by atoms with Crippen LogP contribution in [0.25, 0.3) is 6.08 Å². The molecule has 0 spiro atoms. The Balaban J connectivity index is 2.65. The van der Waals surface area contributed by atoms with Crippen LogP contribution in [0.1, 0.15) is 24.8 Å². The van der Waals surface area contributed by atoms with Crippen molar-refractivity contribution in [2.24, 2.45) is 0 Å². The lowest BCUT2D eigenvalue weighted by Crippen LogP contribution is -1.99. The Morgan fingerprint density at radius 2 is 2.15 bits per heavy atom. The molecule has 1 rings (SSSR count). The Bertz CT molecular complexity index is 460. The third kappa shape index (κ3) is 6.44. The van der Waals surface area contributed by atoms with E-state index in [0.29, 0.717) is 17.4 Å². The molecule has 110 valence electrons. The minimum atomic E-state index is -0.409. The largest absolute Gasteiger partial charge is 0.493 e. The zero-order valence-electron chi connectivity index (χ0n) is 11.4. The van der Waals surface area contributed by atoms with E-state index in [0.717, 1.165) is 30.2 Å². The van der Waals surface area contributed by atoms with Crippen molar-refractivity contribution in [3.63, 3.8) is 0 Å². The molecule has 5 heteroatoms. The number of rotatable bonds is 8. The number of esters is 1. The number of methoxy groups -OCH3 is 1. The highest BCUT2D eigenvalue weighted by Crippen LogP contribution is 2.24. The highest BCUT2D eigenvalue weighted by molar-refractivity contribution is 9.09. The summed E-state index contributed by atoms with van der Waals surface area (Å²) in [6, 6.07) is 5.34. The van der Waals surface area contributed by atoms with Crippen molar-refractivity contribution in [1.82, 2.24) is 0 Å². The van der Waals surface area contributed by atoms with Crippen LogP contribution in [-0.2, 0) is 9.53 Å². The van der Waals surface area contributed by atoms with E-state index < -0.39 is 5.97 Å². The first-order valence-electron chi connectivity index (χ1n) is 6.41. The van der Waals surface area contributed by atoms with Crippen molar-refractivity contribution in [1.29, 1.82) is 0 Å². The molecular weight excluding hydrogens is 344 g/mol. The van der Waals surface area contributed by atoms with Crippen molar-refractivity contribution in [2.45, 2.75) is 19.3 Å². The molecule has 0 amide bonds. The van der Waals surface area contributed by atoms with Gasteiger partial charge in [0.2, 0.25) is 0 Å². The van der Waals surface area contributed by atoms with E-state index in [-0.39, 0.29) is 0 Å². The van der Waals surface area contributed by atoms with Crippen LogP contribution in [0.4, 0.5) is 0 Å². The summed E-state index contributed by atoms with van der Waals surface area (Å²) in [5, 5.41) is 1.61. The van der Waals surface area contributed by atoms with Gasteiger partial charge >= 0.3 is 5.97 Å². The zero-order chi connectivity index (χ0) is 14.8. The Morgan fingerprint density at radius 1 is 1.35 bits per heavy atom. The van der Waals surface area contributed by atoms with Crippen LogP contribution in [0.5, 0.6) is 5.75 Å². The molecule has 3 nitrogen and oxygen atoms in total. The van der Waals surface area contributed by atoms with Gasteiger partial charge in [-0.1, -0.05) is 27.5 Å². The van der Waals surface area contributed by atoms with Gasteiger partial charge in [-0.2, -0.15) is 0 Å². The number of hydrogen-bond acceptors (Lipinski definition) is 3. The Hall–Kier alpha value is -1.000. The molecule has 1 aromatic rings. The van der Waals surface area contributed by atoms with Gasteiger partial charge in [0.05, 0.1) is 13.7 Å². The van der Waals surface area contributed by atoms with E-state index in [4.69, 9.17) is 16.3 Å². The smallest absolute Gasteiger partial charge is 0.330 e. The summed E-state index contributed by atoms with van der Waals surface area (Å²) in [4.78, 5) is 11.1. The highest BCUT2D eigenvalue weighted by atomic mass is 79.9. The van der Waals surface area contributed by atoms with Crippen LogP contribution >= 0.6 is 27.5 Å². The van der Waals surface area contributed by atoms with E-state index in [1.165, 1.54) is 13.2 Å². The van der Waals surface area contributed by atoms with E-state index >= 15 is 0 Å². The van der Waals surface area contributed by atoms with Crippen molar-refractivity contribution < 1.29 is 14.3 Å². The van der Waals surface area contributed by atoms with Gasteiger partial charge in [-0.25, -0.2) is 4.79 Å². The molecule has 0 aliphatic carbocycles. The predicted molar refractivity (Wildman–Crippen MR) is 85.6 cm³/mol. The fourth-order valence-corrected chi connectivity index (χ4v) is 2.14. The van der Waals surface area contributed by atoms with Gasteiger partial charge in [-0.15, -0.1) is 0 Å². The number of hydrogen-bond donors (Lipinski definition) is 0. The van der Waals surface area contributed by atoms with Crippen LogP contribution in [0.3, 0.4) is 0 Å². The van der Waals surface area contributed by atoms with Crippen molar-refractivity contribution in [3.05, 3.63) is 34.9 Å². The fraction of sp³-hybridized carbons (Fsp3) is 0.400. The van der Waals surface area contributed by atoms with Gasteiger partial charge < -0.3 is 9.47 Å². The van der Waals surface area contributed by atoms with Crippen LogP contribution in [0.15, 0.2) is 24.3 Å². The number of carbonyl (C=O) groups is 1. The van der Waals surface area contributed by atoms with Gasteiger partial charge in [0.15, 0.2) is 0 Å². The van der Waals surface area contributed by atoms with Gasteiger partial charge in [0.25, 0.3) is 0 Å². The van der Waals surface area contributed by atoms with Gasteiger partial charge in [-0.05, 0) is 43.5 Å². The molecule has 0 fully saturated rings. The molecule has 0 heterocycles. The maximum atomic E-state index is 11.1. The van der Waals surface area contributed by atoms with E-state index in [9.17, 15) is 4.79 Å². The molecule has 0 bridgehead atoms. The first-order chi connectivity index (χ1) is 9.67. The summed E-state index contributed by atoms with van der Waals surface area (Å²) >= 11 is 9.36. The van der Waals surface area contributed by atoms with Crippen LogP contribution < -0.4 is 4.74 Å². The lowest BCUT2D eigenvalue weighted by atomic mass is 10.2. The molecule has 0 aromatic heterocycles. The van der Waals surface area contributed by atoms with E-state index in [1.807, 2.05) is 6.07 Å². The summed E-state index contributed by atoms with van der Waals surface area (Å²) < 4.78 is 10.3. The molecular formula is C15H18BrClO3. The second-order valence-electron chi connectivity index (χ2n) is 4.14. The standard InChI is InChI=1S/C15H18BrClO3/c1-19-15(18)8-5-12-11-13(17)6-7-14(12)20-10-4-2-3-9-16/h5-8,11H,2-4,9-10H2,1H3/b8-5+. The molecule has 0 N–H and O–H groups in total. The number of benzene rings is 1. The Kier molecular flexibility index (Phi) is 8.38. The average molecular weight is 362 g/mol. The molecule has 20 heavy (non-hydrogen) atoms. The first-order valence-corrected chi connectivity index (χ1v) is 7.91. The monoisotopic (exact) mass is 360 g/mol. The number of halogens is 2. The third-order valence-corrected chi connectivity index (χ3v) is 3.40. The minimum absolute atomic E-state index is 0.409. The summed E-state index contributed by atoms with van der Waals surface area (Å²) in [7, 11) is 1.34. The minimum Gasteiger partial charge on any atom is -0.493 e. The van der Waals surface area contributed by atoms with Crippen molar-refractivity contribution >= 4 is 39.6 Å². The molecule has 0 aliphatic rings. The quantitative estimate of drug-likeness (QED) is 0.296. The number of ether oxygens (including phenoxy) is 2. The van der Waals surface area contributed by atoms with Crippen molar-refractivity contribution in [3.8, 4) is 5.75 Å². The maximum Gasteiger partial charge on any atom is 0.330 e. The molecule has 0 aliphatic heterocycles. The average Bonchev–Trinajstić information content (AvgIpc) is 2.46. The molecule has 1 aromatic carbocycles. The highest BCUT2D eigenvalue weighted by Gasteiger charge is 2.03. The second-order valence-corrected chi connectivity index (χ2v) is 5.37. The Morgan fingerprint density at radius 3 is 2.85 bits per heavy atom. The summed E-state index contributed by atoms with van der Waals surface area (Å²) in [5.41, 5.74) is 0.767. The summed E-state index contributed by atoms with van der Waals surface area (Å²) in [6.45, 7) is 0.647. The van der Waals surface area contributed by atoms with Crippen LogP contribution in [-0.4, -0.2) is 25.0 Å². The molecule has 0 atom stereocenters. The predicted octanol–water partition coefficient (Wildman–Crippen LogP) is 4.47. The lowest BCUT2D eigenvalue weighted by molar-refractivity contribution is -0.134. The van der Waals surface area contributed by atoms with E-state index in [1.54, 1.807) is 18.2 Å². The summed E-state index contributed by atoms with van der Waals surface area (Å²) in [5.74, 6) is 0.307.